The molecular weight excluding hydrogens is 288 g/mol. The molecule has 0 spiro atoms. The van der Waals surface area contributed by atoms with Gasteiger partial charge >= 0.3 is 0 Å². The van der Waals surface area contributed by atoms with Crippen LogP contribution < -0.4 is 5.73 Å². The number of anilines is 1. The summed E-state index contributed by atoms with van der Waals surface area (Å²) in [5.41, 5.74) is 7.57. The van der Waals surface area contributed by atoms with Crippen LogP contribution in [0.25, 0.3) is 16.8 Å². The lowest BCUT2D eigenvalue weighted by molar-refractivity contribution is -0.138. The summed E-state index contributed by atoms with van der Waals surface area (Å²) in [5.74, 6) is -0.552. The van der Waals surface area contributed by atoms with Crippen molar-refractivity contribution < 1.29 is 9.59 Å². The van der Waals surface area contributed by atoms with Crippen molar-refractivity contribution in [1.82, 2.24) is 4.90 Å². The maximum absolute atomic E-state index is 12.2. The van der Waals surface area contributed by atoms with Gasteiger partial charge in [0.1, 0.15) is 0 Å². The van der Waals surface area contributed by atoms with Gasteiger partial charge in [-0.25, -0.2) is 0 Å². The first-order valence-electron chi connectivity index (χ1n) is 7.63. The number of imide groups is 1. The third-order valence-corrected chi connectivity index (χ3v) is 3.88. The van der Waals surface area contributed by atoms with Crippen molar-refractivity contribution in [3.05, 3.63) is 60.2 Å². The number of rotatable bonds is 2. The maximum atomic E-state index is 12.2. The summed E-state index contributed by atoms with van der Waals surface area (Å²) in [5, 5.41) is 2.01. The first-order chi connectivity index (χ1) is 11.1. The normalized spacial score (nSPS) is 15.3. The summed E-state index contributed by atoms with van der Waals surface area (Å²) in [7, 11) is 0. The SMILES string of the molecule is Nc1cc(/C=C/C(=O)N2CCCC=CC2=O)cc2ccccc12. The highest BCUT2D eigenvalue weighted by Crippen LogP contribution is 2.23. The number of nitrogen functional groups attached to an aromatic ring is 1. The van der Waals surface area contributed by atoms with E-state index < -0.39 is 0 Å². The van der Waals surface area contributed by atoms with E-state index in [0.717, 1.165) is 29.2 Å². The largest absolute Gasteiger partial charge is 0.398 e. The first-order valence-corrected chi connectivity index (χ1v) is 7.63. The zero-order chi connectivity index (χ0) is 16.2. The van der Waals surface area contributed by atoms with Gasteiger partial charge in [-0.3, -0.25) is 14.5 Å². The monoisotopic (exact) mass is 306 g/mol. The number of carbonyl (C=O) groups excluding carboxylic acids is 2. The minimum Gasteiger partial charge on any atom is -0.398 e. The number of hydrogen-bond acceptors (Lipinski definition) is 3. The fraction of sp³-hybridized carbons (Fsp3) is 0.158. The van der Waals surface area contributed by atoms with Crippen LogP contribution in [0.2, 0.25) is 0 Å². The van der Waals surface area contributed by atoms with Crippen molar-refractivity contribution in [2.45, 2.75) is 12.8 Å². The third-order valence-electron chi connectivity index (χ3n) is 3.88. The number of nitrogens with zero attached hydrogens (tertiary/aromatic N) is 1. The zero-order valence-electron chi connectivity index (χ0n) is 12.7. The van der Waals surface area contributed by atoms with Crippen LogP contribution in [0.15, 0.2) is 54.6 Å². The van der Waals surface area contributed by atoms with E-state index in [2.05, 4.69) is 0 Å². The van der Waals surface area contributed by atoms with E-state index in [0.29, 0.717) is 12.2 Å². The van der Waals surface area contributed by atoms with Crippen molar-refractivity contribution in [3.63, 3.8) is 0 Å². The van der Waals surface area contributed by atoms with E-state index in [1.165, 1.54) is 17.1 Å². The fourth-order valence-corrected chi connectivity index (χ4v) is 2.69. The lowest BCUT2D eigenvalue weighted by Crippen LogP contribution is -2.34. The first kappa shape index (κ1) is 15.0. The number of benzene rings is 2. The van der Waals surface area contributed by atoms with Gasteiger partial charge in [-0.1, -0.05) is 30.3 Å². The summed E-state index contributed by atoms with van der Waals surface area (Å²) in [6.07, 6.45) is 8.02. The van der Waals surface area contributed by atoms with Crippen LogP contribution in [0.4, 0.5) is 5.69 Å². The number of allylic oxidation sites excluding steroid dienone is 1. The number of fused-ring (bicyclic) bond motifs is 1. The minimum absolute atomic E-state index is 0.254. The molecular formula is C19H18N2O2. The van der Waals surface area contributed by atoms with E-state index >= 15 is 0 Å². The number of nitrogens with two attached hydrogens (primary N) is 1. The van der Waals surface area contributed by atoms with Crippen LogP contribution >= 0.6 is 0 Å². The Morgan fingerprint density at radius 1 is 1.22 bits per heavy atom. The molecule has 1 heterocycles. The quantitative estimate of drug-likeness (QED) is 0.685. The van der Waals surface area contributed by atoms with Crippen molar-refractivity contribution in [1.29, 1.82) is 0 Å². The lowest BCUT2D eigenvalue weighted by Gasteiger charge is -2.15. The summed E-state index contributed by atoms with van der Waals surface area (Å²) in [4.78, 5) is 25.4. The highest BCUT2D eigenvalue weighted by Gasteiger charge is 2.18. The number of carbonyl (C=O) groups is 2. The molecule has 0 aliphatic carbocycles. The molecule has 0 aromatic heterocycles. The Balaban J connectivity index is 1.83. The summed E-state index contributed by atoms with van der Waals surface area (Å²) in [6, 6.07) is 11.6. The molecule has 0 saturated heterocycles. The maximum Gasteiger partial charge on any atom is 0.253 e. The van der Waals surface area contributed by atoms with E-state index in [-0.39, 0.29) is 11.8 Å². The number of hydrogen-bond donors (Lipinski definition) is 1. The number of amides is 2. The lowest BCUT2D eigenvalue weighted by atomic mass is 10.0. The zero-order valence-corrected chi connectivity index (χ0v) is 12.7. The van der Waals surface area contributed by atoms with Crippen LogP contribution in [0.5, 0.6) is 0 Å². The van der Waals surface area contributed by atoms with E-state index in [4.69, 9.17) is 5.73 Å². The molecule has 23 heavy (non-hydrogen) atoms. The van der Waals surface area contributed by atoms with Crippen LogP contribution in [0, 0.1) is 0 Å². The van der Waals surface area contributed by atoms with Crippen LogP contribution in [-0.2, 0) is 9.59 Å². The Bertz CT molecular complexity index is 821. The molecule has 0 unspecified atom stereocenters. The van der Waals surface area contributed by atoms with Crippen molar-refractivity contribution in [2.24, 2.45) is 0 Å². The topological polar surface area (TPSA) is 63.4 Å². The van der Waals surface area contributed by atoms with Gasteiger partial charge in [-0.05, 0) is 48.1 Å². The summed E-state index contributed by atoms with van der Waals surface area (Å²) < 4.78 is 0. The standard InChI is InChI=1S/C19H18N2O2/c20-17-13-14(12-15-6-3-4-7-16(15)17)9-10-19(23)21-11-5-1-2-8-18(21)22/h2-4,6-10,12-13H,1,5,11,20H2/b10-9+. The molecule has 4 nitrogen and oxygen atoms in total. The summed E-state index contributed by atoms with van der Waals surface area (Å²) in [6.45, 7) is 0.453. The highest BCUT2D eigenvalue weighted by molar-refractivity contribution is 6.07. The molecule has 1 aliphatic heterocycles. The molecule has 2 aromatic carbocycles. The minimum atomic E-state index is -0.298. The average molecular weight is 306 g/mol. The van der Waals surface area contributed by atoms with Gasteiger partial charge in [0.2, 0.25) is 0 Å². The predicted molar refractivity (Wildman–Crippen MR) is 92.5 cm³/mol. The van der Waals surface area contributed by atoms with Crippen molar-refractivity contribution >= 4 is 34.4 Å². The van der Waals surface area contributed by atoms with Crippen molar-refractivity contribution in [3.8, 4) is 0 Å². The van der Waals surface area contributed by atoms with Gasteiger partial charge in [0.15, 0.2) is 0 Å². The molecule has 2 N–H and O–H groups in total. The second-order valence-corrected chi connectivity index (χ2v) is 5.54. The molecule has 116 valence electrons. The highest BCUT2D eigenvalue weighted by atomic mass is 16.2. The predicted octanol–water partition coefficient (Wildman–Crippen LogP) is 3.14. The molecule has 2 amide bonds. The summed E-state index contributed by atoms with van der Waals surface area (Å²) >= 11 is 0. The van der Waals surface area contributed by atoms with E-state index in [9.17, 15) is 9.59 Å². The van der Waals surface area contributed by atoms with Gasteiger partial charge < -0.3 is 5.73 Å². The average Bonchev–Trinajstić information content (AvgIpc) is 2.77. The van der Waals surface area contributed by atoms with Crippen LogP contribution in [0.1, 0.15) is 18.4 Å². The molecule has 0 bridgehead atoms. The molecule has 0 fully saturated rings. The molecule has 0 atom stereocenters. The Morgan fingerprint density at radius 3 is 2.91 bits per heavy atom. The smallest absolute Gasteiger partial charge is 0.253 e. The van der Waals surface area contributed by atoms with Gasteiger partial charge in [-0.15, -0.1) is 0 Å². The van der Waals surface area contributed by atoms with Crippen LogP contribution in [-0.4, -0.2) is 23.3 Å². The van der Waals surface area contributed by atoms with Crippen LogP contribution in [0.3, 0.4) is 0 Å². The fourth-order valence-electron chi connectivity index (χ4n) is 2.69. The molecule has 3 rings (SSSR count). The Kier molecular flexibility index (Phi) is 4.24. The molecule has 0 radical (unpaired) electrons. The Morgan fingerprint density at radius 2 is 2.04 bits per heavy atom. The third kappa shape index (κ3) is 3.31. The van der Waals surface area contributed by atoms with Gasteiger partial charge in [0.05, 0.1) is 0 Å². The molecule has 1 aliphatic rings. The molecule has 2 aromatic rings. The second kappa shape index (κ2) is 6.48. The van der Waals surface area contributed by atoms with Gasteiger partial charge in [0, 0.05) is 23.7 Å². The van der Waals surface area contributed by atoms with E-state index in [1.807, 2.05) is 42.5 Å². The Hall–Kier alpha value is -2.88. The molecule has 0 saturated carbocycles. The Labute approximate surface area is 134 Å². The van der Waals surface area contributed by atoms with Gasteiger partial charge in [-0.2, -0.15) is 0 Å². The second-order valence-electron chi connectivity index (χ2n) is 5.54. The van der Waals surface area contributed by atoms with Gasteiger partial charge in [0.25, 0.3) is 11.8 Å². The van der Waals surface area contributed by atoms with E-state index in [1.54, 1.807) is 6.08 Å². The van der Waals surface area contributed by atoms with Crippen molar-refractivity contribution in [2.75, 3.05) is 12.3 Å². The molecule has 4 heteroatoms.